The number of aryl methyl sites for hydroxylation is 4. The van der Waals surface area contributed by atoms with Gasteiger partial charge >= 0.3 is 0 Å². The molecule has 356 valence electrons. The molecule has 1 aliphatic carbocycles. The Labute approximate surface area is 397 Å². The first kappa shape index (κ1) is 48.0. The minimum Gasteiger partial charge on any atom is -0.508 e. The molecule has 4 N–H and O–H groups in total. The zero-order chi connectivity index (χ0) is 48.0. The number of H-pyrrole nitrogens is 1. The highest BCUT2D eigenvalue weighted by Gasteiger charge is 2.35. The highest BCUT2D eigenvalue weighted by atomic mass is 19.1. The quantitative estimate of drug-likeness (QED) is 0.119. The Morgan fingerprint density at radius 1 is 0.750 bits per heavy atom. The fraction of sp³-hybridized carbons (Fsp3) is 0.339. The number of ether oxygens (including phenoxy) is 1. The summed E-state index contributed by atoms with van der Waals surface area (Å²) in [5, 5.41) is 32.3. The van der Waals surface area contributed by atoms with E-state index < -0.39 is 22.8 Å². The Bertz CT molecular complexity index is 2850. The Morgan fingerprint density at radius 3 is 2.10 bits per heavy atom. The number of aromatic amines is 1. The Kier molecular flexibility index (Phi) is 14.7. The highest BCUT2D eigenvalue weighted by Crippen LogP contribution is 2.41. The Hall–Kier alpha value is -6.47. The number of piperazine rings is 1. The van der Waals surface area contributed by atoms with Crippen molar-refractivity contribution in [2.75, 3.05) is 55.6 Å². The number of rotatable bonds is 8. The van der Waals surface area contributed by atoms with E-state index in [4.69, 9.17) is 4.74 Å². The maximum absolute atomic E-state index is 14.3. The molecule has 2 aliphatic heterocycles. The molecule has 2 saturated heterocycles. The van der Waals surface area contributed by atoms with E-state index in [1.165, 1.54) is 42.5 Å². The monoisotopic (exact) mass is 923 g/mol. The number of nitrogens with zero attached hydrogens (tertiary/aromatic N) is 4. The van der Waals surface area contributed by atoms with Gasteiger partial charge < -0.3 is 39.4 Å². The average Bonchev–Trinajstić information content (AvgIpc) is 3.84. The third-order valence-electron chi connectivity index (χ3n) is 13.4. The molecule has 0 bridgehead atoms. The number of nitrogens with one attached hydrogen (secondary N) is 1. The molecule has 10 rings (SSSR count). The van der Waals surface area contributed by atoms with Crippen LogP contribution in [0.4, 0.5) is 20.2 Å². The van der Waals surface area contributed by atoms with Gasteiger partial charge in [-0.25, -0.2) is 8.78 Å². The van der Waals surface area contributed by atoms with Gasteiger partial charge in [-0.3, -0.25) is 9.69 Å². The number of β-amino-alcohol motifs (C(OH)–C–C–N with tert-alkyl or cyclic N) is 1. The van der Waals surface area contributed by atoms with Crippen molar-refractivity contribution in [1.82, 2.24) is 14.5 Å². The van der Waals surface area contributed by atoms with Crippen LogP contribution in [0.15, 0.2) is 132 Å². The molecule has 2 fully saturated rings. The van der Waals surface area contributed by atoms with Crippen LogP contribution in [0.2, 0.25) is 0 Å². The Morgan fingerprint density at radius 2 is 1.43 bits per heavy atom. The standard InChI is InChI=1S/C40H45F2N5O4.C10H12O.C6H6/c1-26-21-29(46-15-12-40(50,13-16-46)25-45-17-19-47(20-18-45)34-23-28(41)6-8-33(34)42)7-10-35(26)51-36-9-5-27(39(2,3)49)22-31(36)32-24-44(4)38(48)37-30(32)11-14-43-37;11-10-6-5-8-3-1-2-4-9(8)7-10;1-2-4-6-5-3-1/h5-11,14,21-24,43,49-50H,12-13,15-20,25H2,1-4H3;5-7,11H,1-4H2;1-6H. The van der Waals surface area contributed by atoms with E-state index in [0.29, 0.717) is 87.1 Å². The van der Waals surface area contributed by atoms with Crippen molar-refractivity contribution in [3.8, 4) is 28.4 Å². The molecular formula is C56H63F2N5O5. The van der Waals surface area contributed by atoms with Crippen molar-refractivity contribution >= 4 is 22.3 Å². The number of benzene rings is 5. The normalized spacial score (nSPS) is 16.0. The van der Waals surface area contributed by atoms with Crippen molar-refractivity contribution in [2.24, 2.45) is 7.05 Å². The summed E-state index contributed by atoms with van der Waals surface area (Å²) in [5.41, 5.74) is 5.84. The molecule has 0 radical (unpaired) electrons. The van der Waals surface area contributed by atoms with Gasteiger partial charge in [0.05, 0.1) is 16.9 Å². The van der Waals surface area contributed by atoms with E-state index in [9.17, 15) is 28.9 Å². The van der Waals surface area contributed by atoms with Crippen LogP contribution in [-0.4, -0.2) is 81.2 Å². The first-order valence-corrected chi connectivity index (χ1v) is 23.7. The van der Waals surface area contributed by atoms with Crippen LogP contribution in [0.3, 0.4) is 0 Å². The third-order valence-corrected chi connectivity index (χ3v) is 13.4. The Balaban J connectivity index is 0.000000305. The van der Waals surface area contributed by atoms with Gasteiger partial charge in [0.1, 0.15) is 34.4 Å². The van der Waals surface area contributed by atoms with Gasteiger partial charge in [-0.05, 0) is 142 Å². The molecule has 0 saturated carbocycles. The van der Waals surface area contributed by atoms with Crippen LogP contribution < -0.4 is 20.1 Å². The van der Waals surface area contributed by atoms with E-state index in [1.807, 2.05) is 96.8 Å². The van der Waals surface area contributed by atoms with Crippen molar-refractivity contribution in [3.63, 3.8) is 0 Å². The molecular weight excluding hydrogens is 861 g/mol. The number of anilines is 2. The lowest BCUT2D eigenvalue weighted by Gasteiger charge is -2.44. The first-order chi connectivity index (χ1) is 32.6. The number of aromatic nitrogens is 2. The second-order valence-corrected chi connectivity index (χ2v) is 18.9. The molecule has 12 heteroatoms. The number of pyridine rings is 1. The fourth-order valence-corrected chi connectivity index (χ4v) is 9.49. The van der Waals surface area contributed by atoms with E-state index in [-0.39, 0.29) is 5.56 Å². The van der Waals surface area contributed by atoms with Crippen molar-refractivity contribution < 1.29 is 28.8 Å². The third kappa shape index (κ3) is 11.4. The topological polar surface area (TPSA) is 117 Å². The summed E-state index contributed by atoms with van der Waals surface area (Å²) in [6.07, 6.45) is 9.70. The van der Waals surface area contributed by atoms with Crippen molar-refractivity contribution in [2.45, 2.75) is 70.5 Å². The number of piperidine rings is 1. The fourth-order valence-electron chi connectivity index (χ4n) is 9.49. The second kappa shape index (κ2) is 20.8. The minimum absolute atomic E-state index is 0.124. The molecule has 7 aromatic rings. The lowest BCUT2D eigenvalue weighted by atomic mass is 9.90. The molecule has 10 nitrogen and oxygen atoms in total. The molecule has 2 aromatic heterocycles. The zero-order valence-corrected chi connectivity index (χ0v) is 39.5. The van der Waals surface area contributed by atoms with E-state index >= 15 is 0 Å². The van der Waals surface area contributed by atoms with Gasteiger partial charge in [-0.2, -0.15) is 0 Å². The van der Waals surface area contributed by atoms with E-state index in [2.05, 4.69) is 20.9 Å². The van der Waals surface area contributed by atoms with Crippen molar-refractivity contribution in [3.05, 3.63) is 172 Å². The maximum atomic E-state index is 14.3. The number of aromatic hydroxyl groups is 1. The number of phenolic OH excluding ortho intramolecular Hbond substituents is 1. The number of aliphatic hydroxyl groups is 2. The maximum Gasteiger partial charge on any atom is 0.274 e. The van der Waals surface area contributed by atoms with Crippen LogP contribution >= 0.6 is 0 Å². The number of phenols is 1. The summed E-state index contributed by atoms with van der Waals surface area (Å²) in [7, 11) is 1.72. The lowest BCUT2D eigenvalue weighted by molar-refractivity contribution is -0.0173. The number of hydrogen-bond acceptors (Lipinski definition) is 8. The SMILES string of the molecule is Cc1cc(N2CCC(O)(CN3CCN(c4cc(F)ccc4F)CC3)CC2)ccc1Oc1ccc(C(C)(C)O)cc1-c1cn(C)c(=O)c2[nH]ccc12.Oc1ccc2c(c1)CCCC2.c1ccccc1. The van der Waals surface area contributed by atoms with Gasteiger partial charge in [-0.15, -0.1) is 0 Å². The lowest BCUT2D eigenvalue weighted by Crippen LogP contribution is -2.55. The van der Waals surface area contributed by atoms with E-state index in [1.54, 1.807) is 43.9 Å². The smallest absolute Gasteiger partial charge is 0.274 e. The van der Waals surface area contributed by atoms with Crippen LogP contribution in [0.5, 0.6) is 17.2 Å². The van der Waals surface area contributed by atoms with E-state index in [0.717, 1.165) is 45.8 Å². The minimum atomic E-state index is -1.08. The summed E-state index contributed by atoms with van der Waals surface area (Å²) in [6, 6.07) is 34.9. The summed E-state index contributed by atoms with van der Waals surface area (Å²) in [5.74, 6) is 0.832. The molecule has 0 atom stereocenters. The summed E-state index contributed by atoms with van der Waals surface area (Å²) in [6.45, 7) is 9.92. The molecule has 3 aliphatic rings. The van der Waals surface area contributed by atoms with Gasteiger partial charge in [0.2, 0.25) is 0 Å². The molecule has 0 spiro atoms. The van der Waals surface area contributed by atoms with Gasteiger partial charge in [0.25, 0.3) is 5.56 Å². The number of fused-ring (bicyclic) bond motifs is 2. The predicted molar refractivity (Wildman–Crippen MR) is 268 cm³/mol. The van der Waals surface area contributed by atoms with Crippen molar-refractivity contribution in [1.29, 1.82) is 0 Å². The van der Waals surface area contributed by atoms with Gasteiger partial charge in [0.15, 0.2) is 0 Å². The highest BCUT2D eigenvalue weighted by molar-refractivity contribution is 5.96. The van der Waals surface area contributed by atoms with Crippen LogP contribution in [0.25, 0.3) is 22.0 Å². The number of halogens is 2. The second-order valence-electron chi connectivity index (χ2n) is 18.9. The molecule has 4 heterocycles. The molecule has 0 unspecified atom stereocenters. The largest absolute Gasteiger partial charge is 0.508 e. The van der Waals surface area contributed by atoms with Gasteiger partial charge in [0, 0.05) is 93.5 Å². The zero-order valence-electron chi connectivity index (χ0n) is 39.5. The molecule has 0 amide bonds. The predicted octanol–water partition coefficient (Wildman–Crippen LogP) is 10.3. The number of hydrogen-bond donors (Lipinski definition) is 4. The molecule has 68 heavy (non-hydrogen) atoms. The van der Waals surface area contributed by atoms with Gasteiger partial charge in [-0.1, -0.05) is 48.5 Å². The first-order valence-electron chi connectivity index (χ1n) is 23.7. The van der Waals surface area contributed by atoms with Crippen LogP contribution in [0.1, 0.15) is 61.8 Å². The van der Waals surface area contributed by atoms with Crippen LogP contribution in [-0.2, 0) is 25.5 Å². The molecule has 5 aromatic carbocycles. The summed E-state index contributed by atoms with van der Waals surface area (Å²) in [4.78, 5) is 22.2. The summed E-state index contributed by atoms with van der Waals surface area (Å²) < 4.78 is 36.2. The summed E-state index contributed by atoms with van der Waals surface area (Å²) >= 11 is 0. The average molecular weight is 924 g/mol. The van der Waals surface area contributed by atoms with Crippen LogP contribution in [0, 0.1) is 18.6 Å².